The van der Waals surface area contributed by atoms with Crippen LogP contribution >= 0.6 is 0 Å². The molecular formula is C44H80O14. The van der Waals surface area contributed by atoms with Gasteiger partial charge in [-0.2, -0.15) is 0 Å². The topological polar surface area (TPSA) is 214 Å². The second kappa shape index (κ2) is 33.1. The summed E-state index contributed by atoms with van der Waals surface area (Å²) in [5, 5.41) is 71.8. The smallest absolute Gasteiger partial charge is 0.306 e. The molecule has 14 nitrogen and oxygen atoms in total. The summed E-state index contributed by atoms with van der Waals surface area (Å²) in [6.45, 7) is 3.58. The highest BCUT2D eigenvalue weighted by molar-refractivity contribution is 5.69. The molecule has 2 fully saturated rings. The van der Waals surface area contributed by atoms with Gasteiger partial charge in [0.15, 0.2) is 12.6 Å². The number of rotatable bonds is 34. The van der Waals surface area contributed by atoms with Gasteiger partial charge in [0.2, 0.25) is 0 Å². The van der Waals surface area contributed by atoms with Crippen molar-refractivity contribution in [1.82, 2.24) is 0 Å². The number of allylic oxidation sites excluding steroid dienone is 4. The lowest BCUT2D eigenvalue weighted by Crippen LogP contribution is -2.61. The maximum absolute atomic E-state index is 12.8. The summed E-state index contributed by atoms with van der Waals surface area (Å²) in [6, 6.07) is 0. The first kappa shape index (κ1) is 52.6. The molecule has 0 aliphatic carbocycles. The molecule has 0 spiro atoms. The first-order valence-electron chi connectivity index (χ1n) is 22.4. The van der Waals surface area contributed by atoms with Crippen LogP contribution in [0.4, 0.5) is 0 Å². The number of hydrogen-bond donors (Lipinski definition) is 7. The number of unbranched alkanes of at least 4 members (excludes halogenated alkanes) is 16. The molecule has 11 atom stereocenters. The second-order valence-electron chi connectivity index (χ2n) is 15.9. The SMILES string of the molecule is CCCCC/C=C\C/C=C\CCCCCCCCOCC(COC1OC(COC2OC(CO)C(O)C(O)C2O)C(O)C(O)C1O)OC(=O)CCCCCCCCCC. The Bertz CT molecular complexity index is 1060. The van der Waals surface area contributed by atoms with Crippen molar-refractivity contribution in [2.24, 2.45) is 0 Å². The molecule has 58 heavy (non-hydrogen) atoms. The van der Waals surface area contributed by atoms with Crippen molar-refractivity contribution in [2.45, 2.75) is 216 Å². The van der Waals surface area contributed by atoms with Gasteiger partial charge in [-0.3, -0.25) is 4.79 Å². The summed E-state index contributed by atoms with van der Waals surface area (Å²) in [6.07, 6.45) is 15.5. The average Bonchev–Trinajstić information content (AvgIpc) is 3.22. The zero-order valence-electron chi connectivity index (χ0n) is 35.5. The molecule has 2 heterocycles. The molecule has 11 unspecified atom stereocenters. The normalized spacial score (nSPS) is 28.4. The van der Waals surface area contributed by atoms with Crippen LogP contribution in [0.15, 0.2) is 24.3 Å². The fraction of sp³-hybridized carbons (Fsp3) is 0.886. The van der Waals surface area contributed by atoms with Crippen molar-refractivity contribution < 1.29 is 69.0 Å². The Hall–Kier alpha value is -1.53. The molecule has 0 radical (unpaired) electrons. The van der Waals surface area contributed by atoms with Crippen molar-refractivity contribution in [3.05, 3.63) is 24.3 Å². The molecule has 0 aromatic rings. The van der Waals surface area contributed by atoms with Gasteiger partial charge < -0.3 is 64.2 Å². The molecule has 0 bridgehead atoms. The van der Waals surface area contributed by atoms with Crippen LogP contribution in [0.1, 0.15) is 149 Å². The lowest BCUT2D eigenvalue weighted by molar-refractivity contribution is -0.332. The minimum atomic E-state index is -1.70. The van der Waals surface area contributed by atoms with E-state index < -0.39 is 80.7 Å². The van der Waals surface area contributed by atoms with Crippen LogP contribution in [0.25, 0.3) is 0 Å². The van der Waals surface area contributed by atoms with Crippen molar-refractivity contribution in [3.63, 3.8) is 0 Å². The Labute approximate surface area is 347 Å². The highest BCUT2D eigenvalue weighted by Crippen LogP contribution is 2.26. The summed E-state index contributed by atoms with van der Waals surface area (Å²) >= 11 is 0. The Morgan fingerprint density at radius 1 is 0.569 bits per heavy atom. The number of ether oxygens (including phenoxy) is 6. The van der Waals surface area contributed by atoms with E-state index in [-0.39, 0.29) is 25.6 Å². The maximum atomic E-state index is 12.8. The molecule has 0 aromatic heterocycles. The van der Waals surface area contributed by atoms with E-state index in [2.05, 4.69) is 38.2 Å². The Kier molecular flexibility index (Phi) is 30.1. The largest absolute Gasteiger partial charge is 0.457 e. The monoisotopic (exact) mass is 833 g/mol. The summed E-state index contributed by atoms with van der Waals surface area (Å²) < 4.78 is 34.0. The molecule has 0 saturated carbocycles. The summed E-state index contributed by atoms with van der Waals surface area (Å²) in [4.78, 5) is 12.8. The summed E-state index contributed by atoms with van der Waals surface area (Å²) in [5.74, 6) is -0.386. The van der Waals surface area contributed by atoms with E-state index >= 15 is 0 Å². The Morgan fingerprint density at radius 3 is 1.69 bits per heavy atom. The van der Waals surface area contributed by atoms with Gasteiger partial charge in [0.05, 0.1) is 26.4 Å². The van der Waals surface area contributed by atoms with Crippen LogP contribution in [0.2, 0.25) is 0 Å². The number of aliphatic hydroxyl groups is 7. The predicted molar refractivity (Wildman–Crippen MR) is 220 cm³/mol. The zero-order valence-corrected chi connectivity index (χ0v) is 35.5. The van der Waals surface area contributed by atoms with Crippen molar-refractivity contribution in [3.8, 4) is 0 Å². The number of carbonyl (C=O) groups is 1. The summed E-state index contributed by atoms with van der Waals surface area (Å²) in [5.41, 5.74) is 0. The fourth-order valence-electron chi connectivity index (χ4n) is 6.96. The van der Waals surface area contributed by atoms with Crippen LogP contribution in [0.5, 0.6) is 0 Å². The van der Waals surface area contributed by atoms with Crippen molar-refractivity contribution >= 4 is 5.97 Å². The molecule has 0 aromatic carbocycles. The Balaban J connectivity index is 1.80. The van der Waals surface area contributed by atoms with Crippen molar-refractivity contribution in [1.29, 1.82) is 0 Å². The van der Waals surface area contributed by atoms with Gasteiger partial charge in [-0.05, 0) is 44.9 Å². The van der Waals surface area contributed by atoms with Crippen LogP contribution < -0.4 is 0 Å². The molecule has 2 saturated heterocycles. The highest BCUT2D eigenvalue weighted by Gasteiger charge is 2.47. The minimum absolute atomic E-state index is 0.0566. The molecule has 2 aliphatic rings. The third kappa shape index (κ3) is 21.8. The third-order valence-electron chi connectivity index (χ3n) is 10.7. The van der Waals surface area contributed by atoms with Crippen LogP contribution in [0.3, 0.4) is 0 Å². The molecule has 2 aliphatic heterocycles. The molecule has 7 N–H and O–H groups in total. The molecule has 2 rings (SSSR count). The van der Waals surface area contributed by atoms with Gasteiger partial charge in [0, 0.05) is 13.0 Å². The van der Waals surface area contributed by atoms with E-state index in [1.807, 2.05) is 0 Å². The second-order valence-corrected chi connectivity index (χ2v) is 15.9. The third-order valence-corrected chi connectivity index (χ3v) is 10.7. The number of aliphatic hydroxyl groups excluding tert-OH is 7. The van der Waals surface area contributed by atoms with Gasteiger partial charge >= 0.3 is 5.97 Å². The van der Waals surface area contributed by atoms with Gasteiger partial charge in [-0.15, -0.1) is 0 Å². The van der Waals surface area contributed by atoms with E-state index in [0.717, 1.165) is 57.8 Å². The number of esters is 1. The van der Waals surface area contributed by atoms with Gasteiger partial charge in [0.1, 0.15) is 54.9 Å². The molecule has 14 heteroatoms. The van der Waals surface area contributed by atoms with Gasteiger partial charge in [-0.25, -0.2) is 0 Å². The van der Waals surface area contributed by atoms with E-state index in [9.17, 15) is 40.5 Å². The molecule has 340 valence electrons. The van der Waals surface area contributed by atoms with Crippen LogP contribution in [-0.2, 0) is 33.2 Å². The van der Waals surface area contributed by atoms with Crippen molar-refractivity contribution in [2.75, 3.05) is 33.0 Å². The van der Waals surface area contributed by atoms with E-state index in [1.165, 1.54) is 64.2 Å². The van der Waals surface area contributed by atoms with Crippen LogP contribution in [0, 0.1) is 0 Å². The lowest BCUT2D eigenvalue weighted by atomic mass is 9.98. The fourth-order valence-corrected chi connectivity index (χ4v) is 6.96. The minimum Gasteiger partial charge on any atom is -0.457 e. The van der Waals surface area contributed by atoms with Crippen LogP contribution in [-0.4, -0.2) is 142 Å². The first-order valence-corrected chi connectivity index (χ1v) is 22.4. The number of hydrogen-bond acceptors (Lipinski definition) is 14. The van der Waals surface area contributed by atoms with E-state index in [0.29, 0.717) is 13.0 Å². The van der Waals surface area contributed by atoms with E-state index in [1.54, 1.807) is 0 Å². The summed E-state index contributed by atoms with van der Waals surface area (Å²) in [7, 11) is 0. The van der Waals surface area contributed by atoms with Gasteiger partial charge in [0.25, 0.3) is 0 Å². The average molecular weight is 833 g/mol. The Morgan fingerprint density at radius 2 is 1.07 bits per heavy atom. The number of carbonyl (C=O) groups excluding carboxylic acids is 1. The maximum Gasteiger partial charge on any atom is 0.306 e. The lowest BCUT2D eigenvalue weighted by Gasteiger charge is -2.42. The zero-order chi connectivity index (χ0) is 42.4. The standard InChI is InChI=1S/C44H80O14/c1-3-5-7-9-11-13-14-15-16-17-18-19-20-22-24-26-28-53-30-33(56-36(46)27-25-23-21-12-10-8-6-4-2)31-54-43-42(52)40(50)38(48)35(58-43)32-55-44-41(51)39(49)37(47)34(29-45)57-44/h11,13,15-16,33-35,37-45,47-52H,3-10,12,14,17-32H2,1-2H3/b13-11-,16-15-. The molecule has 0 amide bonds. The predicted octanol–water partition coefficient (Wildman–Crippen LogP) is 4.90. The van der Waals surface area contributed by atoms with E-state index in [4.69, 9.17) is 28.4 Å². The van der Waals surface area contributed by atoms with Gasteiger partial charge in [-0.1, -0.05) is 122 Å². The first-order chi connectivity index (χ1) is 28.1. The highest BCUT2D eigenvalue weighted by atomic mass is 16.7. The molecular weight excluding hydrogens is 752 g/mol. The quantitative estimate of drug-likeness (QED) is 0.0261.